The molecule has 4 rings (SSSR count). The summed E-state index contributed by atoms with van der Waals surface area (Å²) < 4.78 is 11.2. The monoisotopic (exact) mass is 480 g/mol. The Balaban J connectivity index is 1.26. The lowest BCUT2D eigenvalue weighted by molar-refractivity contribution is -0.138. The van der Waals surface area contributed by atoms with E-state index in [-0.39, 0.29) is 49.8 Å². The van der Waals surface area contributed by atoms with E-state index < -0.39 is 18.2 Å². The average Bonchev–Trinajstić information content (AvgIpc) is 3.46. The van der Waals surface area contributed by atoms with Gasteiger partial charge in [0.2, 0.25) is 5.91 Å². The van der Waals surface area contributed by atoms with Crippen LogP contribution in [0, 0.1) is 11.8 Å². The number of carbonyl (C=O) groups is 3. The number of hydrogen-bond donors (Lipinski definition) is 3. The van der Waals surface area contributed by atoms with Gasteiger partial charge in [-0.3, -0.25) is 9.59 Å². The van der Waals surface area contributed by atoms with E-state index in [0.717, 1.165) is 11.1 Å². The van der Waals surface area contributed by atoms with Gasteiger partial charge in [-0.15, -0.1) is 0 Å². The molecule has 2 aromatic carbocycles. The molecule has 3 N–H and O–H groups in total. The highest BCUT2D eigenvalue weighted by atomic mass is 16.5. The fraction of sp³-hybridized carbons (Fsp3) is 0.444. The Bertz CT molecular complexity index is 1030. The van der Waals surface area contributed by atoms with Gasteiger partial charge in [-0.2, -0.15) is 0 Å². The molecule has 1 aliphatic heterocycles. The molecule has 0 aromatic heterocycles. The number of fused-ring (bicyclic) bond motifs is 3. The maximum absolute atomic E-state index is 12.6. The van der Waals surface area contributed by atoms with Crippen LogP contribution in [0.2, 0.25) is 0 Å². The smallest absolute Gasteiger partial charge is 0.407 e. The van der Waals surface area contributed by atoms with Crippen molar-refractivity contribution in [3.8, 4) is 11.1 Å². The van der Waals surface area contributed by atoms with Gasteiger partial charge in [0, 0.05) is 38.0 Å². The van der Waals surface area contributed by atoms with Crippen molar-refractivity contribution in [2.75, 3.05) is 26.3 Å². The van der Waals surface area contributed by atoms with Gasteiger partial charge in [0.15, 0.2) is 0 Å². The molecule has 8 heteroatoms. The van der Waals surface area contributed by atoms with Crippen LogP contribution in [0.4, 0.5) is 4.79 Å². The minimum atomic E-state index is -0.881. The second kappa shape index (κ2) is 11.4. The van der Waals surface area contributed by atoms with Crippen molar-refractivity contribution in [3.63, 3.8) is 0 Å². The molecule has 8 nitrogen and oxygen atoms in total. The van der Waals surface area contributed by atoms with Crippen molar-refractivity contribution in [1.82, 2.24) is 10.6 Å². The Morgan fingerprint density at radius 1 is 1.06 bits per heavy atom. The fourth-order valence-electron chi connectivity index (χ4n) is 4.95. The Hall–Kier alpha value is -3.39. The van der Waals surface area contributed by atoms with Gasteiger partial charge in [-0.05, 0) is 34.6 Å². The number of hydrogen-bond acceptors (Lipinski definition) is 5. The minimum Gasteiger partial charge on any atom is -0.481 e. The number of carboxylic acid groups (broad SMARTS) is 1. The molecule has 0 spiro atoms. The van der Waals surface area contributed by atoms with E-state index in [1.165, 1.54) is 11.1 Å². The van der Waals surface area contributed by atoms with Crippen LogP contribution in [0.3, 0.4) is 0 Å². The zero-order valence-corrected chi connectivity index (χ0v) is 19.9. The first kappa shape index (κ1) is 24.7. The number of carbonyl (C=O) groups excluding carboxylic acids is 2. The van der Waals surface area contributed by atoms with Gasteiger partial charge in [-0.1, -0.05) is 61.9 Å². The van der Waals surface area contributed by atoms with Crippen molar-refractivity contribution in [2.45, 2.75) is 38.2 Å². The summed E-state index contributed by atoms with van der Waals surface area (Å²) in [6.45, 7) is 3.11. The maximum Gasteiger partial charge on any atom is 0.407 e. The summed E-state index contributed by atoms with van der Waals surface area (Å²) in [5.74, 6) is -1.47. The molecule has 0 radical (unpaired) electrons. The summed E-state index contributed by atoms with van der Waals surface area (Å²) >= 11 is 0. The Labute approximate surface area is 205 Å². The number of aliphatic carboxylic acids is 1. The zero-order valence-electron chi connectivity index (χ0n) is 19.9. The van der Waals surface area contributed by atoms with Gasteiger partial charge >= 0.3 is 12.1 Å². The average molecular weight is 481 g/mol. The summed E-state index contributed by atoms with van der Waals surface area (Å²) in [6, 6.07) is 16.3. The van der Waals surface area contributed by atoms with E-state index >= 15 is 0 Å². The highest BCUT2D eigenvalue weighted by Crippen LogP contribution is 2.44. The third-order valence-electron chi connectivity index (χ3n) is 6.93. The van der Waals surface area contributed by atoms with Crippen LogP contribution in [0.1, 0.15) is 43.2 Å². The molecular weight excluding hydrogens is 448 g/mol. The molecule has 2 aromatic rings. The van der Waals surface area contributed by atoms with Gasteiger partial charge in [-0.25, -0.2) is 4.79 Å². The SMILES string of the molecule is CCC(CNC(=O)C1OCCC1CNC(=O)OCC1c2ccccc2-c2ccccc21)CC(=O)O. The van der Waals surface area contributed by atoms with Crippen molar-refractivity contribution in [3.05, 3.63) is 59.7 Å². The highest BCUT2D eigenvalue weighted by molar-refractivity contribution is 5.82. The molecule has 3 atom stereocenters. The Morgan fingerprint density at radius 3 is 2.34 bits per heavy atom. The fourth-order valence-corrected chi connectivity index (χ4v) is 4.95. The first-order valence-corrected chi connectivity index (χ1v) is 12.2. The molecule has 1 saturated heterocycles. The molecule has 1 aliphatic carbocycles. The largest absolute Gasteiger partial charge is 0.481 e. The summed E-state index contributed by atoms with van der Waals surface area (Å²) in [6.07, 6.45) is 0.116. The van der Waals surface area contributed by atoms with Crippen LogP contribution >= 0.6 is 0 Å². The number of carboxylic acids is 1. The Morgan fingerprint density at radius 2 is 1.71 bits per heavy atom. The van der Waals surface area contributed by atoms with Crippen LogP contribution in [0.25, 0.3) is 11.1 Å². The topological polar surface area (TPSA) is 114 Å². The molecule has 1 heterocycles. The van der Waals surface area contributed by atoms with Gasteiger partial charge < -0.3 is 25.2 Å². The lowest BCUT2D eigenvalue weighted by Crippen LogP contribution is -2.43. The van der Waals surface area contributed by atoms with Crippen LogP contribution in [0.15, 0.2) is 48.5 Å². The number of benzene rings is 2. The molecule has 186 valence electrons. The normalized spacial score (nSPS) is 19.5. The van der Waals surface area contributed by atoms with Gasteiger partial charge in [0.05, 0.1) is 0 Å². The van der Waals surface area contributed by atoms with E-state index in [0.29, 0.717) is 19.4 Å². The molecule has 35 heavy (non-hydrogen) atoms. The van der Waals surface area contributed by atoms with Crippen molar-refractivity contribution >= 4 is 18.0 Å². The molecule has 2 aliphatic rings. The quantitative estimate of drug-likeness (QED) is 0.479. The first-order valence-electron chi connectivity index (χ1n) is 12.2. The van der Waals surface area contributed by atoms with Crippen molar-refractivity contribution in [2.24, 2.45) is 11.8 Å². The zero-order chi connectivity index (χ0) is 24.8. The second-order valence-corrected chi connectivity index (χ2v) is 9.16. The van der Waals surface area contributed by atoms with Crippen molar-refractivity contribution in [1.29, 1.82) is 0 Å². The molecule has 0 saturated carbocycles. The van der Waals surface area contributed by atoms with Crippen LogP contribution in [-0.2, 0) is 19.1 Å². The third-order valence-corrected chi connectivity index (χ3v) is 6.93. The minimum absolute atomic E-state index is 0.00900. The molecule has 0 bridgehead atoms. The van der Waals surface area contributed by atoms with E-state index in [1.54, 1.807) is 0 Å². The van der Waals surface area contributed by atoms with Crippen LogP contribution in [0.5, 0.6) is 0 Å². The molecular formula is C27H32N2O6. The number of nitrogens with one attached hydrogen (secondary N) is 2. The van der Waals surface area contributed by atoms with E-state index in [1.807, 2.05) is 31.2 Å². The summed E-state index contributed by atoms with van der Waals surface area (Å²) in [7, 11) is 0. The summed E-state index contributed by atoms with van der Waals surface area (Å²) in [5.41, 5.74) is 4.64. The molecule has 1 fully saturated rings. The molecule has 3 unspecified atom stereocenters. The standard InChI is InChI=1S/C27H32N2O6/c1-2-17(13-24(30)31)14-28-26(32)25-18(11-12-34-25)15-29-27(33)35-16-23-21-9-5-3-7-19(21)20-8-4-6-10-22(20)23/h3-10,17-18,23,25H,2,11-16H2,1H3,(H,28,32)(H,29,33)(H,30,31). The van der Waals surface area contributed by atoms with E-state index in [2.05, 4.69) is 34.9 Å². The first-order chi connectivity index (χ1) is 17.0. The summed E-state index contributed by atoms with van der Waals surface area (Å²) in [5, 5.41) is 14.6. The second-order valence-electron chi connectivity index (χ2n) is 9.16. The lowest BCUT2D eigenvalue weighted by Gasteiger charge is -2.20. The van der Waals surface area contributed by atoms with Crippen molar-refractivity contribution < 1.29 is 29.0 Å². The number of alkyl carbamates (subject to hydrolysis) is 1. The third kappa shape index (κ3) is 5.82. The summed E-state index contributed by atoms with van der Waals surface area (Å²) in [4.78, 5) is 36.0. The van der Waals surface area contributed by atoms with Gasteiger partial charge in [0.25, 0.3) is 0 Å². The molecule has 2 amide bonds. The number of amides is 2. The van der Waals surface area contributed by atoms with E-state index in [4.69, 9.17) is 14.6 Å². The predicted molar refractivity (Wildman–Crippen MR) is 130 cm³/mol. The highest BCUT2D eigenvalue weighted by Gasteiger charge is 2.35. The van der Waals surface area contributed by atoms with Gasteiger partial charge in [0.1, 0.15) is 12.7 Å². The number of rotatable bonds is 10. The maximum atomic E-state index is 12.6. The predicted octanol–water partition coefficient (Wildman–Crippen LogP) is 3.55. The lowest BCUT2D eigenvalue weighted by atomic mass is 9.98. The van der Waals surface area contributed by atoms with E-state index in [9.17, 15) is 14.4 Å². The van der Waals surface area contributed by atoms with Crippen LogP contribution in [-0.4, -0.2) is 55.5 Å². The number of ether oxygens (including phenoxy) is 2. The van der Waals surface area contributed by atoms with Crippen LogP contribution < -0.4 is 10.6 Å². The Kier molecular flexibility index (Phi) is 8.02.